The molecular weight excluding hydrogens is 380 g/mol. The number of alkyl halides is 3. The van der Waals surface area contributed by atoms with E-state index in [4.69, 9.17) is 0 Å². The molecule has 1 fully saturated rings. The largest absolute Gasteiger partial charge is 0.440 e. The van der Waals surface area contributed by atoms with E-state index >= 15 is 0 Å². The third-order valence-electron chi connectivity index (χ3n) is 4.68. The molecule has 0 aliphatic carbocycles. The van der Waals surface area contributed by atoms with Crippen molar-refractivity contribution in [2.75, 3.05) is 19.7 Å². The molecule has 156 valence electrons. The van der Waals surface area contributed by atoms with Gasteiger partial charge in [0.2, 0.25) is 5.91 Å². The average molecular weight is 404 g/mol. The van der Waals surface area contributed by atoms with Gasteiger partial charge < -0.3 is 15.0 Å². The van der Waals surface area contributed by atoms with E-state index in [2.05, 4.69) is 10.1 Å². The monoisotopic (exact) mass is 404 g/mol. The van der Waals surface area contributed by atoms with Crippen LogP contribution in [0.2, 0.25) is 0 Å². The Morgan fingerprint density at radius 3 is 2.25 bits per heavy atom. The molecule has 0 spiro atoms. The first-order valence-electron chi connectivity index (χ1n) is 9.11. The fraction of sp³-hybridized carbons (Fsp3) is 0.579. The molecule has 0 unspecified atom stereocenters. The van der Waals surface area contributed by atoms with Crippen molar-refractivity contribution in [2.45, 2.75) is 38.9 Å². The second-order valence-corrected chi connectivity index (χ2v) is 7.21. The smallest absolute Gasteiger partial charge is 0.422 e. The summed E-state index contributed by atoms with van der Waals surface area (Å²) in [5.74, 6) is -0.825. The van der Waals surface area contributed by atoms with Gasteiger partial charge in [0.15, 0.2) is 6.61 Å². The average Bonchev–Trinajstić information content (AvgIpc) is 2.64. The maximum Gasteiger partial charge on any atom is 0.422 e. The molecule has 0 saturated carbocycles. The number of nitrogens with one attached hydrogen (secondary N) is 1. The molecule has 1 heterocycles. The number of carbonyl (C=O) groups excluding carboxylic acids is 2. The van der Waals surface area contributed by atoms with Crippen LogP contribution in [0.5, 0.6) is 0 Å². The maximum absolute atomic E-state index is 13.1. The van der Waals surface area contributed by atoms with Gasteiger partial charge in [-0.3, -0.25) is 4.79 Å². The lowest BCUT2D eigenvalue weighted by atomic mass is 9.92. The lowest BCUT2D eigenvalue weighted by Gasteiger charge is -2.32. The summed E-state index contributed by atoms with van der Waals surface area (Å²) < 4.78 is 53.8. The summed E-state index contributed by atoms with van der Waals surface area (Å²) in [5, 5.41) is 2.97. The van der Waals surface area contributed by atoms with Crippen molar-refractivity contribution in [3.63, 3.8) is 0 Å². The number of carbonyl (C=O) groups is 2. The molecule has 1 aromatic carbocycles. The Kier molecular flexibility index (Phi) is 7.26. The molecule has 1 aromatic rings. The molecule has 2 rings (SSSR count). The van der Waals surface area contributed by atoms with Crippen LogP contribution < -0.4 is 5.32 Å². The fourth-order valence-corrected chi connectivity index (χ4v) is 3.14. The number of nitrogens with zero attached hydrogens (tertiary/aromatic N) is 1. The van der Waals surface area contributed by atoms with Gasteiger partial charge >= 0.3 is 12.3 Å². The summed E-state index contributed by atoms with van der Waals surface area (Å²) in [5.41, 5.74) is 0.790. The van der Waals surface area contributed by atoms with Gasteiger partial charge in [-0.2, -0.15) is 13.2 Å². The van der Waals surface area contributed by atoms with Crippen molar-refractivity contribution in [1.82, 2.24) is 10.2 Å². The van der Waals surface area contributed by atoms with Crippen LogP contribution in [0.15, 0.2) is 24.3 Å². The number of rotatable bonds is 5. The van der Waals surface area contributed by atoms with Gasteiger partial charge in [-0.1, -0.05) is 26.0 Å². The maximum atomic E-state index is 13.1. The number of halogens is 4. The van der Waals surface area contributed by atoms with Crippen LogP contribution in [-0.4, -0.2) is 42.8 Å². The molecule has 1 saturated heterocycles. The minimum absolute atomic E-state index is 0.0758. The summed E-state index contributed by atoms with van der Waals surface area (Å²) in [7, 11) is 0. The standard InChI is InChI=1S/C19H24F4N2O3/c1-12(2)16(13-3-5-15(20)6-4-13)24-17(26)14-7-9-25(10-8-14)18(27)28-11-19(21,22)23/h3-6,12,14,16H,7-11H2,1-2H3,(H,24,26)/t16-/m0/s1. The summed E-state index contributed by atoms with van der Waals surface area (Å²) in [6, 6.07) is 5.63. The Hall–Kier alpha value is -2.32. The van der Waals surface area contributed by atoms with Crippen LogP contribution in [-0.2, 0) is 9.53 Å². The van der Waals surface area contributed by atoms with Gasteiger partial charge in [-0.15, -0.1) is 0 Å². The van der Waals surface area contributed by atoms with Crippen LogP contribution in [0.1, 0.15) is 38.3 Å². The molecule has 2 amide bonds. The lowest BCUT2D eigenvalue weighted by Crippen LogP contribution is -2.45. The number of benzene rings is 1. The van der Waals surface area contributed by atoms with E-state index in [1.165, 1.54) is 17.0 Å². The molecule has 28 heavy (non-hydrogen) atoms. The van der Waals surface area contributed by atoms with E-state index < -0.39 is 18.9 Å². The summed E-state index contributed by atoms with van der Waals surface area (Å²) in [4.78, 5) is 25.5. The lowest BCUT2D eigenvalue weighted by molar-refractivity contribution is -0.162. The van der Waals surface area contributed by atoms with E-state index in [0.717, 1.165) is 5.56 Å². The molecule has 1 aliphatic rings. The topological polar surface area (TPSA) is 58.6 Å². The minimum atomic E-state index is -4.57. The van der Waals surface area contributed by atoms with Crippen molar-refractivity contribution in [3.8, 4) is 0 Å². The highest BCUT2D eigenvalue weighted by atomic mass is 19.4. The van der Waals surface area contributed by atoms with Crippen LogP contribution in [0.4, 0.5) is 22.4 Å². The predicted octanol–water partition coefficient (Wildman–Crippen LogP) is 4.05. The second kappa shape index (κ2) is 9.25. The van der Waals surface area contributed by atoms with E-state index in [1.807, 2.05) is 13.8 Å². The zero-order chi connectivity index (χ0) is 20.9. The molecule has 0 bridgehead atoms. The predicted molar refractivity (Wildman–Crippen MR) is 93.8 cm³/mol. The fourth-order valence-electron chi connectivity index (χ4n) is 3.14. The molecular formula is C19H24F4N2O3. The number of likely N-dealkylation sites (tertiary alicyclic amines) is 1. The van der Waals surface area contributed by atoms with Gasteiger partial charge in [0, 0.05) is 19.0 Å². The van der Waals surface area contributed by atoms with E-state index in [0.29, 0.717) is 12.8 Å². The number of piperidine rings is 1. The van der Waals surface area contributed by atoms with Gasteiger partial charge in [-0.25, -0.2) is 9.18 Å². The molecule has 1 N–H and O–H groups in total. The third-order valence-corrected chi connectivity index (χ3v) is 4.68. The molecule has 0 radical (unpaired) electrons. The Balaban J connectivity index is 1.88. The molecule has 1 aliphatic heterocycles. The van der Waals surface area contributed by atoms with Gasteiger partial charge in [0.05, 0.1) is 6.04 Å². The summed E-state index contributed by atoms with van der Waals surface area (Å²) in [6.45, 7) is 2.55. The van der Waals surface area contributed by atoms with Crippen LogP contribution in [0.3, 0.4) is 0 Å². The van der Waals surface area contributed by atoms with E-state index in [1.54, 1.807) is 12.1 Å². The number of ether oxygens (including phenoxy) is 1. The number of amides is 2. The van der Waals surface area contributed by atoms with Crippen LogP contribution >= 0.6 is 0 Å². The van der Waals surface area contributed by atoms with Gasteiger partial charge in [0.1, 0.15) is 5.82 Å². The third kappa shape index (κ3) is 6.38. The Morgan fingerprint density at radius 2 is 1.75 bits per heavy atom. The quantitative estimate of drug-likeness (QED) is 0.754. The highest BCUT2D eigenvalue weighted by molar-refractivity contribution is 5.79. The SMILES string of the molecule is CC(C)[C@H](NC(=O)C1CCN(C(=O)OCC(F)(F)F)CC1)c1ccc(F)cc1. The zero-order valence-corrected chi connectivity index (χ0v) is 15.8. The first-order chi connectivity index (χ1) is 13.1. The van der Waals surface area contributed by atoms with Crippen molar-refractivity contribution in [2.24, 2.45) is 11.8 Å². The highest BCUT2D eigenvalue weighted by Crippen LogP contribution is 2.25. The molecule has 9 heteroatoms. The van der Waals surface area contributed by atoms with Crippen molar-refractivity contribution < 1.29 is 31.9 Å². The van der Waals surface area contributed by atoms with E-state index in [9.17, 15) is 27.2 Å². The molecule has 5 nitrogen and oxygen atoms in total. The Morgan fingerprint density at radius 1 is 1.18 bits per heavy atom. The minimum Gasteiger partial charge on any atom is -0.440 e. The number of hydrogen-bond donors (Lipinski definition) is 1. The normalized spacial score (nSPS) is 16.8. The summed E-state index contributed by atoms with van der Waals surface area (Å²) in [6.07, 6.45) is -4.93. The highest BCUT2D eigenvalue weighted by Gasteiger charge is 2.33. The van der Waals surface area contributed by atoms with Crippen molar-refractivity contribution in [1.29, 1.82) is 0 Å². The summed E-state index contributed by atoms with van der Waals surface area (Å²) >= 11 is 0. The number of hydrogen-bond acceptors (Lipinski definition) is 3. The Bertz CT molecular complexity index is 669. The van der Waals surface area contributed by atoms with E-state index in [-0.39, 0.29) is 42.7 Å². The van der Waals surface area contributed by atoms with Gasteiger partial charge in [0.25, 0.3) is 0 Å². The van der Waals surface area contributed by atoms with Crippen LogP contribution in [0, 0.1) is 17.7 Å². The van der Waals surface area contributed by atoms with Crippen LogP contribution in [0.25, 0.3) is 0 Å². The molecule has 0 aromatic heterocycles. The van der Waals surface area contributed by atoms with Crippen molar-refractivity contribution >= 4 is 12.0 Å². The Labute approximate surface area is 161 Å². The van der Waals surface area contributed by atoms with Crippen molar-refractivity contribution in [3.05, 3.63) is 35.6 Å². The second-order valence-electron chi connectivity index (χ2n) is 7.21. The van der Waals surface area contributed by atoms with Gasteiger partial charge in [-0.05, 0) is 36.5 Å². The zero-order valence-electron chi connectivity index (χ0n) is 15.8. The first kappa shape index (κ1) is 22.0. The first-order valence-corrected chi connectivity index (χ1v) is 9.11. The molecule has 1 atom stereocenters.